The Bertz CT molecular complexity index is 612. The molecular weight excluding hydrogens is 278 g/mol. The molecule has 0 radical (unpaired) electrons. The van der Waals surface area contributed by atoms with Crippen molar-refractivity contribution in [2.75, 3.05) is 11.9 Å². The van der Waals surface area contributed by atoms with Crippen LogP contribution in [0, 0.1) is 0 Å². The van der Waals surface area contributed by atoms with E-state index in [0.29, 0.717) is 5.01 Å². The van der Waals surface area contributed by atoms with Crippen molar-refractivity contribution >= 4 is 29.0 Å². The van der Waals surface area contributed by atoms with Crippen LogP contribution in [0.2, 0.25) is 0 Å². The summed E-state index contributed by atoms with van der Waals surface area (Å²) in [7, 11) is 1.66. The summed E-state index contributed by atoms with van der Waals surface area (Å²) in [5.74, 6) is -1.07. The van der Waals surface area contributed by atoms with E-state index >= 15 is 0 Å². The van der Waals surface area contributed by atoms with E-state index in [1.165, 1.54) is 21.6 Å². The Labute approximate surface area is 119 Å². The minimum atomic E-state index is -1.07. The van der Waals surface area contributed by atoms with Crippen LogP contribution in [0.5, 0.6) is 0 Å². The van der Waals surface area contributed by atoms with E-state index in [4.69, 9.17) is 5.11 Å². The van der Waals surface area contributed by atoms with Gasteiger partial charge in [-0.15, -0.1) is 11.3 Å². The van der Waals surface area contributed by atoms with Crippen LogP contribution >= 0.6 is 11.3 Å². The molecule has 0 saturated heterocycles. The number of anilines is 1. The first-order chi connectivity index (χ1) is 9.58. The molecule has 0 fully saturated rings. The van der Waals surface area contributed by atoms with Crippen molar-refractivity contribution in [3.63, 3.8) is 0 Å². The standard InChI is InChI=1S/C13H13N3O3S/c1-16(9-5-3-2-4-6-9)13(19)14-7-11-15-10(8-20-11)12(17)18/h2-6,8H,7H2,1H3,(H,14,19)(H,17,18). The van der Waals surface area contributed by atoms with Gasteiger partial charge < -0.3 is 10.4 Å². The Morgan fingerprint density at radius 2 is 2.05 bits per heavy atom. The number of aromatic carboxylic acids is 1. The summed E-state index contributed by atoms with van der Waals surface area (Å²) in [6.07, 6.45) is 0. The average Bonchev–Trinajstić information content (AvgIpc) is 2.94. The summed E-state index contributed by atoms with van der Waals surface area (Å²) in [4.78, 5) is 28.0. The van der Waals surface area contributed by atoms with Gasteiger partial charge in [-0.05, 0) is 12.1 Å². The molecule has 20 heavy (non-hydrogen) atoms. The molecule has 7 heteroatoms. The monoisotopic (exact) mass is 291 g/mol. The molecule has 0 aliphatic rings. The zero-order chi connectivity index (χ0) is 14.5. The Morgan fingerprint density at radius 3 is 2.65 bits per heavy atom. The van der Waals surface area contributed by atoms with Gasteiger partial charge in [0.1, 0.15) is 5.01 Å². The highest BCUT2D eigenvalue weighted by molar-refractivity contribution is 7.09. The summed E-state index contributed by atoms with van der Waals surface area (Å²) in [6, 6.07) is 8.94. The fourth-order valence-electron chi connectivity index (χ4n) is 1.53. The Morgan fingerprint density at radius 1 is 1.35 bits per heavy atom. The van der Waals surface area contributed by atoms with Crippen LogP contribution in [0.1, 0.15) is 15.5 Å². The number of hydrogen-bond acceptors (Lipinski definition) is 4. The predicted molar refractivity (Wildman–Crippen MR) is 76.2 cm³/mol. The number of urea groups is 1. The predicted octanol–water partition coefficient (Wildman–Crippen LogP) is 2.19. The number of rotatable bonds is 4. The fourth-order valence-corrected chi connectivity index (χ4v) is 2.24. The van der Waals surface area contributed by atoms with Crippen molar-refractivity contribution in [3.8, 4) is 0 Å². The van der Waals surface area contributed by atoms with Gasteiger partial charge in [0, 0.05) is 18.1 Å². The number of thiazole rings is 1. The molecule has 0 aliphatic carbocycles. The van der Waals surface area contributed by atoms with Gasteiger partial charge in [0.2, 0.25) is 0 Å². The third-order valence-electron chi connectivity index (χ3n) is 2.61. The molecule has 2 rings (SSSR count). The minimum Gasteiger partial charge on any atom is -0.476 e. The number of carbonyl (C=O) groups is 2. The number of carbonyl (C=O) groups excluding carboxylic acids is 1. The highest BCUT2D eigenvalue weighted by Gasteiger charge is 2.12. The van der Waals surface area contributed by atoms with Gasteiger partial charge in [-0.1, -0.05) is 18.2 Å². The molecule has 0 aliphatic heterocycles. The summed E-state index contributed by atoms with van der Waals surface area (Å²) in [6.45, 7) is 0.202. The van der Waals surface area contributed by atoms with E-state index in [9.17, 15) is 9.59 Å². The number of hydrogen-bond donors (Lipinski definition) is 2. The second-order valence-electron chi connectivity index (χ2n) is 3.98. The number of carboxylic acid groups (broad SMARTS) is 1. The number of benzene rings is 1. The third kappa shape index (κ3) is 3.33. The molecule has 2 aromatic rings. The number of carboxylic acids is 1. The molecule has 0 spiro atoms. The van der Waals surface area contributed by atoms with Crippen molar-refractivity contribution in [1.82, 2.24) is 10.3 Å². The number of aromatic nitrogens is 1. The molecule has 2 N–H and O–H groups in total. The van der Waals surface area contributed by atoms with Gasteiger partial charge in [0.05, 0.1) is 6.54 Å². The minimum absolute atomic E-state index is 0.00402. The first-order valence-corrected chi connectivity index (χ1v) is 6.70. The van der Waals surface area contributed by atoms with Crippen LogP contribution in [0.15, 0.2) is 35.7 Å². The summed E-state index contributed by atoms with van der Waals surface area (Å²) < 4.78 is 0. The van der Waals surface area contributed by atoms with Crippen LogP contribution in [0.3, 0.4) is 0 Å². The second kappa shape index (κ2) is 6.16. The van der Waals surface area contributed by atoms with Crippen LogP contribution < -0.4 is 10.2 Å². The molecule has 104 valence electrons. The van der Waals surface area contributed by atoms with E-state index in [-0.39, 0.29) is 18.3 Å². The van der Waals surface area contributed by atoms with Crippen molar-refractivity contribution < 1.29 is 14.7 Å². The topological polar surface area (TPSA) is 82.5 Å². The Kier molecular flexibility index (Phi) is 4.31. The molecule has 6 nitrogen and oxygen atoms in total. The number of amides is 2. The van der Waals surface area contributed by atoms with Crippen LogP contribution in [-0.2, 0) is 6.54 Å². The Balaban J connectivity index is 1.93. The SMILES string of the molecule is CN(C(=O)NCc1nc(C(=O)O)cs1)c1ccccc1. The molecule has 0 unspecified atom stereocenters. The lowest BCUT2D eigenvalue weighted by Crippen LogP contribution is -2.36. The molecule has 1 aromatic carbocycles. The van der Waals surface area contributed by atoms with Gasteiger partial charge in [0.15, 0.2) is 5.69 Å². The van der Waals surface area contributed by atoms with Gasteiger partial charge in [-0.2, -0.15) is 0 Å². The van der Waals surface area contributed by atoms with E-state index in [1.807, 2.05) is 30.3 Å². The van der Waals surface area contributed by atoms with Crippen molar-refractivity contribution in [2.45, 2.75) is 6.54 Å². The first-order valence-electron chi connectivity index (χ1n) is 5.82. The molecular formula is C13H13N3O3S. The molecule has 0 atom stereocenters. The maximum absolute atomic E-state index is 11.9. The molecule has 2 amide bonds. The van der Waals surface area contributed by atoms with Gasteiger partial charge >= 0.3 is 12.0 Å². The average molecular weight is 291 g/mol. The van der Waals surface area contributed by atoms with E-state index < -0.39 is 5.97 Å². The maximum atomic E-state index is 11.9. The zero-order valence-corrected chi connectivity index (χ0v) is 11.6. The summed E-state index contributed by atoms with van der Waals surface area (Å²) in [5, 5.41) is 13.5. The summed E-state index contributed by atoms with van der Waals surface area (Å²) >= 11 is 1.20. The molecule has 0 saturated carbocycles. The first kappa shape index (κ1) is 14.0. The lowest BCUT2D eigenvalue weighted by atomic mass is 10.3. The maximum Gasteiger partial charge on any atom is 0.355 e. The molecule has 1 aromatic heterocycles. The normalized spacial score (nSPS) is 10.1. The molecule has 1 heterocycles. The van der Waals surface area contributed by atoms with Crippen molar-refractivity contribution in [3.05, 3.63) is 46.4 Å². The van der Waals surface area contributed by atoms with Gasteiger partial charge in [-0.25, -0.2) is 14.6 Å². The van der Waals surface area contributed by atoms with Gasteiger partial charge in [0.25, 0.3) is 0 Å². The Hall–Kier alpha value is -2.41. The van der Waals surface area contributed by atoms with Crippen LogP contribution in [0.4, 0.5) is 10.5 Å². The lowest BCUT2D eigenvalue weighted by Gasteiger charge is -2.17. The van der Waals surface area contributed by atoms with Crippen LogP contribution in [0.25, 0.3) is 0 Å². The lowest BCUT2D eigenvalue weighted by molar-refractivity contribution is 0.0691. The third-order valence-corrected chi connectivity index (χ3v) is 3.46. The van der Waals surface area contributed by atoms with E-state index in [0.717, 1.165) is 5.69 Å². The van der Waals surface area contributed by atoms with Crippen LogP contribution in [-0.4, -0.2) is 29.1 Å². The highest BCUT2D eigenvalue weighted by Crippen LogP contribution is 2.12. The zero-order valence-electron chi connectivity index (χ0n) is 10.7. The quantitative estimate of drug-likeness (QED) is 0.904. The van der Waals surface area contributed by atoms with Gasteiger partial charge in [-0.3, -0.25) is 4.90 Å². The number of para-hydroxylation sites is 1. The fraction of sp³-hybridized carbons (Fsp3) is 0.154. The van der Waals surface area contributed by atoms with Crippen molar-refractivity contribution in [1.29, 1.82) is 0 Å². The van der Waals surface area contributed by atoms with E-state index in [2.05, 4.69) is 10.3 Å². The largest absolute Gasteiger partial charge is 0.476 e. The smallest absolute Gasteiger partial charge is 0.355 e. The van der Waals surface area contributed by atoms with Crippen molar-refractivity contribution in [2.24, 2.45) is 0 Å². The second-order valence-corrected chi connectivity index (χ2v) is 4.93. The molecule has 0 bridgehead atoms. The number of nitrogens with one attached hydrogen (secondary N) is 1. The summed E-state index contributed by atoms with van der Waals surface area (Å²) in [5.41, 5.74) is 0.769. The number of nitrogens with zero attached hydrogens (tertiary/aromatic N) is 2. The highest BCUT2D eigenvalue weighted by atomic mass is 32.1. The van der Waals surface area contributed by atoms with E-state index in [1.54, 1.807) is 7.05 Å².